The summed E-state index contributed by atoms with van der Waals surface area (Å²) in [5.41, 5.74) is 0.769. The van der Waals surface area contributed by atoms with Crippen molar-refractivity contribution in [3.8, 4) is 6.07 Å². The van der Waals surface area contributed by atoms with E-state index in [0.717, 1.165) is 12.1 Å². The fourth-order valence-corrected chi connectivity index (χ4v) is 2.86. The standard InChI is InChI=1S/C15H21N3O2/c1-9(2)14(13-6-11(4)17-20-13)15(19)18-8-10(3)5-12(18)7-16/h6,9-10,12,14H,5,8H2,1-4H3/t10-,12+,14?/m1/s1. The van der Waals surface area contributed by atoms with Crippen LogP contribution in [0.4, 0.5) is 0 Å². The SMILES string of the molecule is Cc1cc(C(C(=O)N2C[C@H](C)C[C@H]2C#N)C(C)C)on1. The maximum absolute atomic E-state index is 12.8. The Hall–Kier alpha value is -1.83. The van der Waals surface area contributed by atoms with Crippen molar-refractivity contribution in [3.63, 3.8) is 0 Å². The van der Waals surface area contributed by atoms with E-state index in [2.05, 4.69) is 18.1 Å². The van der Waals surface area contributed by atoms with Gasteiger partial charge in [-0.2, -0.15) is 5.26 Å². The third-order valence-electron chi connectivity index (χ3n) is 3.83. The minimum absolute atomic E-state index is 0.0212. The molecule has 3 atom stereocenters. The van der Waals surface area contributed by atoms with E-state index >= 15 is 0 Å². The number of hydrogen-bond donors (Lipinski definition) is 0. The lowest BCUT2D eigenvalue weighted by Crippen LogP contribution is -2.39. The molecule has 1 aromatic rings. The molecule has 5 heteroatoms. The number of amides is 1. The molecule has 0 aromatic carbocycles. The van der Waals surface area contributed by atoms with Gasteiger partial charge in [-0.1, -0.05) is 25.9 Å². The molecule has 5 nitrogen and oxygen atoms in total. The van der Waals surface area contributed by atoms with Crippen LogP contribution in [0.1, 0.15) is 44.6 Å². The van der Waals surface area contributed by atoms with E-state index in [9.17, 15) is 10.1 Å². The van der Waals surface area contributed by atoms with Gasteiger partial charge in [-0.3, -0.25) is 4.79 Å². The zero-order valence-corrected chi connectivity index (χ0v) is 12.5. The van der Waals surface area contributed by atoms with Crippen molar-refractivity contribution in [3.05, 3.63) is 17.5 Å². The zero-order valence-electron chi connectivity index (χ0n) is 12.5. The molecule has 1 saturated heterocycles. The van der Waals surface area contributed by atoms with E-state index in [-0.39, 0.29) is 23.8 Å². The zero-order chi connectivity index (χ0) is 14.9. The molecule has 0 N–H and O–H groups in total. The molecule has 0 radical (unpaired) electrons. The Bertz CT molecular complexity index is 529. The van der Waals surface area contributed by atoms with Crippen molar-refractivity contribution in [1.29, 1.82) is 5.26 Å². The minimum atomic E-state index is -0.364. The van der Waals surface area contributed by atoms with Gasteiger partial charge in [-0.05, 0) is 25.2 Å². The van der Waals surface area contributed by atoms with Crippen LogP contribution in [0.3, 0.4) is 0 Å². The van der Waals surface area contributed by atoms with Crippen molar-refractivity contribution in [1.82, 2.24) is 10.1 Å². The Morgan fingerprint density at radius 1 is 1.60 bits per heavy atom. The highest BCUT2D eigenvalue weighted by Gasteiger charge is 2.39. The molecule has 0 aliphatic carbocycles. The Labute approximate surface area is 119 Å². The van der Waals surface area contributed by atoms with Gasteiger partial charge in [0.1, 0.15) is 17.7 Å². The van der Waals surface area contributed by atoms with Crippen LogP contribution < -0.4 is 0 Å². The van der Waals surface area contributed by atoms with E-state index in [1.54, 1.807) is 4.90 Å². The molecular weight excluding hydrogens is 254 g/mol. The van der Waals surface area contributed by atoms with E-state index < -0.39 is 0 Å². The number of carbonyl (C=O) groups excluding carboxylic acids is 1. The average molecular weight is 275 g/mol. The summed E-state index contributed by atoms with van der Waals surface area (Å²) < 4.78 is 5.28. The molecule has 1 amide bonds. The number of rotatable bonds is 3. The number of hydrogen-bond acceptors (Lipinski definition) is 4. The van der Waals surface area contributed by atoms with Crippen LogP contribution in [0.2, 0.25) is 0 Å². The molecule has 1 aliphatic rings. The Morgan fingerprint density at radius 2 is 2.30 bits per heavy atom. The van der Waals surface area contributed by atoms with Gasteiger partial charge in [-0.25, -0.2) is 0 Å². The second-order valence-corrected chi connectivity index (χ2v) is 6.07. The first-order valence-electron chi connectivity index (χ1n) is 7.07. The topological polar surface area (TPSA) is 70.1 Å². The van der Waals surface area contributed by atoms with E-state index in [0.29, 0.717) is 18.2 Å². The van der Waals surface area contributed by atoms with E-state index in [1.807, 2.05) is 26.8 Å². The number of likely N-dealkylation sites (tertiary alicyclic amines) is 1. The summed E-state index contributed by atoms with van der Waals surface area (Å²) in [5.74, 6) is 0.682. The molecule has 1 aromatic heterocycles. The normalized spacial score (nSPS) is 23.9. The van der Waals surface area contributed by atoms with Gasteiger partial charge in [0.25, 0.3) is 0 Å². The van der Waals surface area contributed by atoms with Crippen molar-refractivity contribution in [2.24, 2.45) is 11.8 Å². The number of nitriles is 1. The van der Waals surface area contributed by atoms with E-state index in [1.165, 1.54) is 0 Å². The summed E-state index contributed by atoms with van der Waals surface area (Å²) in [4.78, 5) is 14.5. The molecule has 108 valence electrons. The molecule has 1 fully saturated rings. The first-order valence-corrected chi connectivity index (χ1v) is 7.07. The van der Waals surface area contributed by atoms with Gasteiger partial charge in [0, 0.05) is 12.6 Å². The van der Waals surface area contributed by atoms with Crippen molar-refractivity contribution >= 4 is 5.91 Å². The van der Waals surface area contributed by atoms with Gasteiger partial charge in [0.2, 0.25) is 5.91 Å². The number of aryl methyl sites for hydroxylation is 1. The van der Waals surface area contributed by atoms with E-state index in [4.69, 9.17) is 4.52 Å². The highest BCUT2D eigenvalue weighted by atomic mass is 16.5. The predicted molar refractivity (Wildman–Crippen MR) is 73.7 cm³/mol. The summed E-state index contributed by atoms with van der Waals surface area (Å²) in [6.45, 7) is 8.53. The molecule has 1 unspecified atom stereocenters. The van der Waals surface area contributed by atoms with Crippen LogP contribution >= 0.6 is 0 Å². The van der Waals surface area contributed by atoms with Crippen LogP contribution in [0.5, 0.6) is 0 Å². The smallest absolute Gasteiger partial charge is 0.234 e. The second kappa shape index (κ2) is 5.66. The lowest BCUT2D eigenvalue weighted by atomic mass is 9.91. The highest BCUT2D eigenvalue weighted by Crippen LogP contribution is 2.32. The van der Waals surface area contributed by atoms with Crippen LogP contribution in [-0.2, 0) is 4.79 Å². The average Bonchev–Trinajstić information content (AvgIpc) is 2.95. The van der Waals surface area contributed by atoms with Crippen LogP contribution in [-0.4, -0.2) is 28.6 Å². The molecule has 1 aliphatic heterocycles. The third kappa shape index (κ3) is 2.69. The predicted octanol–water partition coefficient (Wildman–Crippen LogP) is 2.48. The van der Waals surface area contributed by atoms with Crippen molar-refractivity contribution < 1.29 is 9.32 Å². The third-order valence-corrected chi connectivity index (χ3v) is 3.83. The minimum Gasteiger partial charge on any atom is -0.360 e. The number of nitrogens with zero attached hydrogens (tertiary/aromatic N) is 3. The van der Waals surface area contributed by atoms with Gasteiger partial charge in [-0.15, -0.1) is 0 Å². The molecule has 2 heterocycles. The van der Waals surface area contributed by atoms with Crippen molar-refractivity contribution in [2.45, 2.75) is 46.1 Å². The number of carbonyl (C=O) groups is 1. The van der Waals surface area contributed by atoms with Crippen molar-refractivity contribution in [2.75, 3.05) is 6.54 Å². The molecule has 0 spiro atoms. The Balaban J connectivity index is 2.26. The van der Waals surface area contributed by atoms with Gasteiger partial charge in [0.05, 0.1) is 11.8 Å². The van der Waals surface area contributed by atoms with Crippen LogP contribution in [0, 0.1) is 30.1 Å². The summed E-state index contributed by atoms with van der Waals surface area (Å²) in [7, 11) is 0. The van der Waals surface area contributed by atoms with Gasteiger partial charge in [0.15, 0.2) is 0 Å². The van der Waals surface area contributed by atoms with Crippen LogP contribution in [0.25, 0.3) is 0 Å². The molecule has 20 heavy (non-hydrogen) atoms. The summed E-state index contributed by atoms with van der Waals surface area (Å²) in [6.07, 6.45) is 0.752. The monoisotopic (exact) mass is 275 g/mol. The van der Waals surface area contributed by atoms with Gasteiger partial charge < -0.3 is 9.42 Å². The largest absolute Gasteiger partial charge is 0.360 e. The first kappa shape index (κ1) is 14.6. The number of aromatic nitrogens is 1. The quantitative estimate of drug-likeness (QED) is 0.849. The summed E-state index contributed by atoms with van der Waals surface area (Å²) in [6, 6.07) is 3.73. The molecule has 2 rings (SSSR count). The Kier molecular flexibility index (Phi) is 4.12. The highest BCUT2D eigenvalue weighted by molar-refractivity contribution is 5.84. The maximum Gasteiger partial charge on any atom is 0.234 e. The lowest BCUT2D eigenvalue weighted by Gasteiger charge is -2.26. The summed E-state index contributed by atoms with van der Waals surface area (Å²) in [5, 5.41) is 13.1. The fourth-order valence-electron chi connectivity index (χ4n) is 2.86. The maximum atomic E-state index is 12.8. The second-order valence-electron chi connectivity index (χ2n) is 6.07. The molecule has 0 saturated carbocycles. The summed E-state index contributed by atoms with van der Waals surface area (Å²) >= 11 is 0. The molecule has 0 bridgehead atoms. The van der Waals surface area contributed by atoms with Crippen LogP contribution in [0.15, 0.2) is 10.6 Å². The molecular formula is C15H21N3O2. The Morgan fingerprint density at radius 3 is 2.80 bits per heavy atom. The van der Waals surface area contributed by atoms with Gasteiger partial charge >= 0.3 is 0 Å². The first-order chi connectivity index (χ1) is 9.43. The lowest BCUT2D eigenvalue weighted by molar-refractivity contribution is -0.134. The fraction of sp³-hybridized carbons (Fsp3) is 0.667.